The average molecular weight is 315 g/mol. The molecule has 0 aliphatic rings. The zero-order chi connectivity index (χ0) is 16.2. The van der Waals surface area contributed by atoms with Gasteiger partial charge in [0.2, 0.25) is 5.91 Å². The van der Waals surface area contributed by atoms with Crippen molar-refractivity contribution in [1.82, 2.24) is 0 Å². The zero-order valence-electron chi connectivity index (χ0n) is 13.2. The van der Waals surface area contributed by atoms with Gasteiger partial charge in [-0.2, -0.15) is 0 Å². The molecular formula is C18H21NO2S. The Kier molecular flexibility index (Phi) is 5.14. The number of hydrogen-bond donors (Lipinski definition) is 1. The molecule has 0 radical (unpaired) electrons. The van der Waals surface area contributed by atoms with E-state index in [0.717, 1.165) is 5.69 Å². The maximum atomic E-state index is 11.9. The fourth-order valence-corrected chi connectivity index (χ4v) is 2.76. The summed E-state index contributed by atoms with van der Waals surface area (Å²) in [5.74, 6) is -0.110. The van der Waals surface area contributed by atoms with Gasteiger partial charge in [-0.05, 0) is 34.6 Å². The summed E-state index contributed by atoms with van der Waals surface area (Å²) in [6, 6.07) is 11.5. The average Bonchev–Trinajstić information content (AvgIpc) is 2.98. The molecule has 1 aromatic carbocycles. The molecule has 0 fully saturated rings. The van der Waals surface area contributed by atoms with Crippen LogP contribution in [0.4, 0.5) is 5.69 Å². The highest BCUT2D eigenvalue weighted by molar-refractivity contribution is 7.12. The number of hydrogen-bond acceptors (Lipinski definition) is 3. The minimum absolute atomic E-state index is 0.0215. The lowest BCUT2D eigenvalue weighted by molar-refractivity contribution is -0.116. The molecule has 1 aromatic heterocycles. The van der Waals surface area contributed by atoms with E-state index >= 15 is 0 Å². The van der Waals surface area contributed by atoms with Crippen LogP contribution < -0.4 is 5.32 Å². The molecule has 0 atom stereocenters. The van der Waals surface area contributed by atoms with Gasteiger partial charge >= 0.3 is 0 Å². The van der Waals surface area contributed by atoms with E-state index in [-0.39, 0.29) is 29.9 Å². The molecule has 116 valence electrons. The van der Waals surface area contributed by atoms with Crippen LogP contribution in [0.1, 0.15) is 48.8 Å². The first-order valence-electron chi connectivity index (χ1n) is 7.33. The summed E-state index contributed by atoms with van der Waals surface area (Å²) in [5, 5.41) is 4.70. The number of nitrogens with one attached hydrogen (secondary N) is 1. The van der Waals surface area contributed by atoms with Crippen molar-refractivity contribution in [2.24, 2.45) is 0 Å². The van der Waals surface area contributed by atoms with Gasteiger partial charge in [0.05, 0.1) is 4.88 Å². The third kappa shape index (κ3) is 4.53. The lowest BCUT2D eigenvalue weighted by Crippen LogP contribution is -2.14. The number of ketones is 1. The third-order valence-corrected chi connectivity index (χ3v) is 4.32. The molecule has 0 bridgehead atoms. The van der Waals surface area contributed by atoms with E-state index in [9.17, 15) is 9.59 Å². The van der Waals surface area contributed by atoms with E-state index in [1.165, 1.54) is 16.9 Å². The Morgan fingerprint density at radius 2 is 1.73 bits per heavy atom. The molecule has 0 aliphatic carbocycles. The zero-order valence-corrected chi connectivity index (χ0v) is 14.0. The highest BCUT2D eigenvalue weighted by Crippen LogP contribution is 2.23. The van der Waals surface area contributed by atoms with Crippen LogP contribution in [0.2, 0.25) is 0 Å². The van der Waals surface area contributed by atoms with Crippen molar-refractivity contribution in [3.63, 3.8) is 0 Å². The van der Waals surface area contributed by atoms with Crippen molar-refractivity contribution in [3.8, 4) is 0 Å². The Hall–Kier alpha value is -1.94. The Bertz CT molecular complexity index is 637. The van der Waals surface area contributed by atoms with Crippen LogP contribution in [-0.4, -0.2) is 11.7 Å². The van der Waals surface area contributed by atoms with E-state index in [1.54, 1.807) is 6.07 Å². The quantitative estimate of drug-likeness (QED) is 0.817. The van der Waals surface area contributed by atoms with E-state index in [2.05, 4.69) is 26.1 Å². The van der Waals surface area contributed by atoms with Gasteiger partial charge in [0.15, 0.2) is 5.78 Å². The Morgan fingerprint density at radius 1 is 1.05 bits per heavy atom. The van der Waals surface area contributed by atoms with Crippen molar-refractivity contribution >= 4 is 28.7 Å². The fraction of sp³-hybridized carbons (Fsp3) is 0.333. The molecule has 0 saturated heterocycles. The lowest BCUT2D eigenvalue weighted by Gasteiger charge is -2.19. The highest BCUT2D eigenvalue weighted by Gasteiger charge is 2.14. The van der Waals surface area contributed by atoms with Gasteiger partial charge in [0.25, 0.3) is 0 Å². The molecule has 2 aromatic rings. The number of anilines is 1. The topological polar surface area (TPSA) is 46.2 Å². The maximum absolute atomic E-state index is 11.9. The molecule has 3 nitrogen and oxygen atoms in total. The summed E-state index contributed by atoms with van der Waals surface area (Å²) < 4.78 is 0. The largest absolute Gasteiger partial charge is 0.326 e. The number of carbonyl (C=O) groups excluding carboxylic acids is 2. The van der Waals surface area contributed by atoms with Crippen LogP contribution >= 0.6 is 11.3 Å². The summed E-state index contributed by atoms with van der Waals surface area (Å²) >= 11 is 1.41. The molecule has 1 N–H and O–H groups in total. The monoisotopic (exact) mass is 315 g/mol. The van der Waals surface area contributed by atoms with Crippen LogP contribution in [0.15, 0.2) is 41.8 Å². The summed E-state index contributed by atoms with van der Waals surface area (Å²) in [6.07, 6.45) is 0.449. The molecule has 22 heavy (non-hydrogen) atoms. The first-order chi connectivity index (χ1) is 10.4. The van der Waals surface area contributed by atoms with Gasteiger partial charge in [-0.3, -0.25) is 9.59 Å². The van der Waals surface area contributed by atoms with Gasteiger partial charge in [-0.1, -0.05) is 39.0 Å². The summed E-state index contributed by atoms with van der Waals surface area (Å²) in [4.78, 5) is 24.5. The van der Waals surface area contributed by atoms with E-state index < -0.39 is 0 Å². The van der Waals surface area contributed by atoms with E-state index in [0.29, 0.717) is 4.88 Å². The molecule has 0 unspecified atom stereocenters. The molecule has 0 aliphatic heterocycles. The van der Waals surface area contributed by atoms with Crippen molar-refractivity contribution in [1.29, 1.82) is 0 Å². The molecule has 0 spiro atoms. The lowest BCUT2D eigenvalue weighted by atomic mass is 9.87. The molecule has 2 rings (SSSR count). The molecule has 4 heteroatoms. The van der Waals surface area contributed by atoms with Crippen LogP contribution in [0.3, 0.4) is 0 Å². The third-order valence-electron chi connectivity index (χ3n) is 3.41. The predicted octanol–water partition coefficient (Wildman–Crippen LogP) is 4.65. The number of rotatable bonds is 5. The minimum Gasteiger partial charge on any atom is -0.326 e. The number of thiophene rings is 1. The van der Waals surface area contributed by atoms with Gasteiger partial charge in [-0.15, -0.1) is 11.3 Å². The summed E-state index contributed by atoms with van der Waals surface area (Å²) in [7, 11) is 0. The molecule has 1 amide bonds. The van der Waals surface area contributed by atoms with Crippen molar-refractivity contribution in [3.05, 3.63) is 52.2 Å². The second kappa shape index (κ2) is 6.88. The highest BCUT2D eigenvalue weighted by atomic mass is 32.1. The molecular weight excluding hydrogens is 294 g/mol. The second-order valence-electron chi connectivity index (χ2n) is 6.28. The Labute approximate surface area is 135 Å². The van der Waals surface area contributed by atoms with Gasteiger partial charge in [0.1, 0.15) is 0 Å². The maximum Gasteiger partial charge on any atom is 0.224 e. The minimum atomic E-state index is -0.131. The van der Waals surface area contributed by atoms with Gasteiger partial charge in [0, 0.05) is 18.5 Å². The first kappa shape index (κ1) is 16.4. The van der Waals surface area contributed by atoms with Crippen LogP contribution in [0.25, 0.3) is 0 Å². The van der Waals surface area contributed by atoms with Crippen LogP contribution in [-0.2, 0) is 10.2 Å². The predicted molar refractivity (Wildman–Crippen MR) is 91.7 cm³/mol. The molecule has 0 saturated carbocycles. The number of carbonyl (C=O) groups is 2. The van der Waals surface area contributed by atoms with Crippen LogP contribution in [0, 0.1) is 0 Å². The second-order valence-corrected chi connectivity index (χ2v) is 7.22. The first-order valence-corrected chi connectivity index (χ1v) is 8.21. The normalized spacial score (nSPS) is 11.2. The van der Waals surface area contributed by atoms with E-state index in [4.69, 9.17) is 0 Å². The Morgan fingerprint density at radius 3 is 2.27 bits per heavy atom. The summed E-state index contributed by atoms with van der Waals surface area (Å²) in [6.45, 7) is 6.45. The number of amides is 1. The van der Waals surface area contributed by atoms with E-state index in [1.807, 2.05) is 35.7 Å². The SMILES string of the molecule is CC(C)(C)c1ccc(NC(=O)CCC(=O)c2cccs2)cc1. The van der Waals surface area contributed by atoms with Crippen LogP contribution in [0.5, 0.6) is 0 Å². The number of benzene rings is 1. The van der Waals surface area contributed by atoms with Gasteiger partial charge < -0.3 is 5.32 Å². The standard InChI is InChI=1S/C18H21NO2S/c1-18(2,3)13-6-8-14(9-7-13)19-17(21)11-10-15(20)16-5-4-12-22-16/h4-9,12H,10-11H2,1-3H3,(H,19,21). The Balaban J connectivity index is 1.86. The smallest absolute Gasteiger partial charge is 0.224 e. The summed E-state index contributed by atoms with van der Waals surface area (Å²) in [5.41, 5.74) is 2.08. The number of Topliss-reactive ketones (excluding diaryl/α,β-unsaturated/α-hetero) is 1. The van der Waals surface area contributed by atoms with Crippen molar-refractivity contribution in [2.75, 3.05) is 5.32 Å². The van der Waals surface area contributed by atoms with Crippen molar-refractivity contribution in [2.45, 2.75) is 39.0 Å². The fourth-order valence-electron chi connectivity index (χ4n) is 2.06. The van der Waals surface area contributed by atoms with Gasteiger partial charge in [-0.25, -0.2) is 0 Å². The molecule has 1 heterocycles. The van der Waals surface area contributed by atoms with Crippen molar-refractivity contribution < 1.29 is 9.59 Å².